The molecule has 0 bridgehead atoms. The predicted octanol–water partition coefficient (Wildman–Crippen LogP) is 5.25. The molecule has 166 valence electrons. The van der Waals surface area contributed by atoms with E-state index in [4.69, 9.17) is 9.47 Å². The second-order valence-corrected chi connectivity index (χ2v) is 9.11. The smallest absolute Gasteiger partial charge is 0.412 e. The average Bonchev–Trinajstić information content (AvgIpc) is 2.97. The van der Waals surface area contributed by atoms with Gasteiger partial charge >= 0.3 is 12.1 Å². The number of anilines is 2. The zero-order valence-electron chi connectivity index (χ0n) is 18.8. The molecule has 1 fully saturated rings. The highest BCUT2D eigenvalue weighted by Crippen LogP contribution is 2.31. The summed E-state index contributed by atoms with van der Waals surface area (Å²) in [5.41, 5.74) is 1.14. The lowest BCUT2D eigenvalue weighted by Crippen LogP contribution is -2.50. The number of benzene rings is 2. The Morgan fingerprint density at radius 2 is 1.61 bits per heavy atom. The number of amides is 3. The second-order valence-electron chi connectivity index (χ2n) is 9.11. The maximum absolute atomic E-state index is 12.8. The average molecular weight is 426 g/mol. The molecule has 7 nitrogen and oxygen atoms in total. The van der Waals surface area contributed by atoms with Crippen molar-refractivity contribution in [3.05, 3.63) is 60.2 Å². The number of ether oxygens (including phenoxy) is 2. The van der Waals surface area contributed by atoms with E-state index in [-0.39, 0.29) is 18.2 Å². The molecule has 3 amide bonds. The second kappa shape index (κ2) is 8.98. The van der Waals surface area contributed by atoms with E-state index in [1.807, 2.05) is 89.2 Å². The Labute approximate surface area is 183 Å². The molecule has 0 radical (unpaired) electrons. The molecule has 1 aliphatic heterocycles. The lowest BCUT2D eigenvalue weighted by molar-refractivity contribution is -0.0624. The van der Waals surface area contributed by atoms with Crippen molar-refractivity contribution in [3.63, 3.8) is 0 Å². The number of rotatable bonds is 4. The van der Waals surface area contributed by atoms with E-state index in [1.165, 1.54) is 0 Å². The summed E-state index contributed by atoms with van der Waals surface area (Å²) in [5, 5.41) is 5.60. The third-order valence-corrected chi connectivity index (χ3v) is 4.88. The van der Waals surface area contributed by atoms with Gasteiger partial charge in [-0.3, -0.25) is 4.90 Å². The van der Waals surface area contributed by atoms with E-state index in [0.29, 0.717) is 18.7 Å². The van der Waals surface area contributed by atoms with Crippen LogP contribution in [0.15, 0.2) is 54.6 Å². The maximum atomic E-state index is 12.8. The number of hydrogen-bond donors (Lipinski definition) is 2. The maximum Gasteiger partial charge on any atom is 0.412 e. The highest BCUT2D eigenvalue weighted by molar-refractivity contribution is 5.99. The van der Waals surface area contributed by atoms with Gasteiger partial charge in [0.15, 0.2) is 0 Å². The van der Waals surface area contributed by atoms with Crippen LogP contribution in [0.5, 0.6) is 0 Å². The van der Waals surface area contributed by atoms with Crippen molar-refractivity contribution < 1.29 is 19.1 Å². The van der Waals surface area contributed by atoms with Crippen LogP contribution in [0, 0.1) is 0 Å². The minimum absolute atomic E-state index is 0.134. The van der Waals surface area contributed by atoms with Crippen LogP contribution in [0.2, 0.25) is 0 Å². The van der Waals surface area contributed by atoms with Gasteiger partial charge in [-0.05, 0) is 70.9 Å². The first-order valence-corrected chi connectivity index (χ1v) is 10.4. The van der Waals surface area contributed by atoms with Gasteiger partial charge in [0, 0.05) is 11.4 Å². The van der Waals surface area contributed by atoms with Gasteiger partial charge in [-0.15, -0.1) is 0 Å². The van der Waals surface area contributed by atoms with E-state index in [9.17, 15) is 9.59 Å². The lowest BCUT2D eigenvalue weighted by atomic mass is 10.0. The van der Waals surface area contributed by atoms with Gasteiger partial charge in [0.25, 0.3) is 0 Å². The van der Waals surface area contributed by atoms with Crippen LogP contribution in [0.1, 0.15) is 40.2 Å². The molecule has 1 heterocycles. The third-order valence-electron chi connectivity index (χ3n) is 4.88. The third kappa shape index (κ3) is 6.21. The monoisotopic (exact) mass is 425 g/mol. The van der Waals surface area contributed by atoms with E-state index >= 15 is 0 Å². The van der Waals surface area contributed by atoms with Crippen LogP contribution in [-0.4, -0.2) is 41.0 Å². The molecule has 1 aliphatic rings. The van der Waals surface area contributed by atoms with Crippen molar-refractivity contribution in [2.75, 3.05) is 17.2 Å². The van der Waals surface area contributed by atoms with Crippen molar-refractivity contribution in [2.24, 2.45) is 0 Å². The summed E-state index contributed by atoms with van der Waals surface area (Å²) in [4.78, 5) is 26.6. The van der Waals surface area contributed by atoms with Crippen molar-refractivity contribution in [1.82, 2.24) is 4.90 Å². The molecule has 0 saturated carbocycles. The Hall–Kier alpha value is -3.06. The summed E-state index contributed by atoms with van der Waals surface area (Å²) in [5.74, 6) is 0. The van der Waals surface area contributed by atoms with Crippen LogP contribution in [0.3, 0.4) is 0 Å². The van der Waals surface area contributed by atoms with Crippen LogP contribution in [0.25, 0.3) is 0 Å². The van der Waals surface area contributed by atoms with Crippen LogP contribution < -0.4 is 10.6 Å². The normalized spacial score (nSPS) is 17.8. The number of carbonyl (C=O) groups is 2. The first kappa shape index (κ1) is 22.6. The van der Waals surface area contributed by atoms with Gasteiger partial charge in [-0.1, -0.05) is 30.3 Å². The Kier molecular flexibility index (Phi) is 6.55. The summed E-state index contributed by atoms with van der Waals surface area (Å²) in [6.07, 6.45) is 0.245. The molecular weight excluding hydrogens is 394 g/mol. The number of urea groups is 1. The van der Waals surface area contributed by atoms with E-state index in [2.05, 4.69) is 10.6 Å². The Morgan fingerprint density at radius 1 is 1.03 bits per heavy atom. The van der Waals surface area contributed by atoms with Gasteiger partial charge < -0.3 is 20.1 Å². The zero-order valence-corrected chi connectivity index (χ0v) is 18.8. The molecule has 1 saturated heterocycles. The molecule has 2 N–H and O–H groups in total. The number of nitrogens with one attached hydrogen (secondary N) is 2. The Balaban J connectivity index is 1.61. The first-order valence-electron chi connectivity index (χ1n) is 10.4. The first-order chi connectivity index (χ1) is 14.5. The fourth-order valence-electron chi connectivity index (χ4n) is 3.53. The number of para-hydroxylation sites is 1. The molecule has 7 heteroatoms. The van der Waals surface area contributed by atoms with Crippen molar-refractivity contribution in [3.8, 4) is 0 Å². The molecule has 0 aliphatic carbocycles. The van der Waals surface area contributed by atoms with Crippen LogP contribution in [0.4, 0.5) is 21.0 Å². The molecule has 0 aromatic heterocycles. The topological polar surface area (TPSA) is 79.9 Å². The Morgan fingerprint density at radius 3 is 2.19 bits per heavy atom. The molecular formula is C24H31N3O4. The lowest BCUT2D eigenvalue weighted by Gasteiger charge is -2.35. The summed E-state index contributed by atoms with van der Waals surface area (Å²) >= 11 is 0. The minimum atomic E-state index is -0.732. The molecule has 1 unspecified atom stereocenters. The Bertz CT molecular complexity index is 905. The van der Waals surface area contributed by atoms with E-state index in [0.717, 1.165) is 11.3 Å². The molecule has 2 aromatic carbocycles. The van der Waals surface area contributed by atoms with E-state index < -0.39 is 11.3 Å². The van der Waals surface area contributed by atoms with Gasteiger partial charge in [0.05, 0.1) is 12.6 Å². The van der Waals surface area contributed by atoms with Gasteiger partial charge in [0.1, 0.15) is 11.3 Å². The van der Waals surface area contributed by atoms with Gasteiger partial charge in [0.2, 0.25) is 0 Å². The molecule has 1 atom stereocenters. The van der Waals surface area contributed by atoms with Gasteiger partial charge in [-0.2, -0.15) is 0 Å². The summed E-state index contributed by atoms with van der Waals surface area (Å²) in [7, 11) is 0. The van der Waals surface area contributed by atoms with E-state index in [1.54, 1.807) is 4.90 Å². The number of nitrogens with zero attached hydrogens (tertiary/aromatic N) is 1. The molecule has 2 aromatic rings. The largest absolute Gasteiger partial charge is 0.444 e. The molecule has 0 spiro atoms. The van der Waals surface area contributed by atoms with Gasteiger partial charge in [-0.25, -0.2) is 9.59 Å². The van der Waals surface area contributed by atoms with Crippen molar-refractivity contribution in [2.45, 2.75) is 58.4 Å². The quantitative estimate of drug-likeness (QED) is 0.702. The molecule has 31 heavy (non-hydrogen) atoms. The van der Waals surface area contributed by atoms with Crippen molar-refractivity contribution >= 4 is 23.5 Å². The summed E-state index contributed by atoms with van der Waals surface area (Å²) < 4.78 is 11.5. The van der Waals surface area contributed by atoms with Crippen LogP contribution >= 0.6 is 0 Å². The predicted molar refractivity (Wildman–Crippen MR) is 121 cm³/mol. The zero-order chi connectivity index (χ0) is 22.6. The van der Waals surface area contributed by atoms with Crippen LogP contribution in [-0.2, 0) is 15.9 Å². The standard InChI is InChI=1S/C24H31N3O4/c1-23(2,3)31-22(29)27-20(16-30-24(27,4)5)15-17-11-13-19(14-12-17)26-21(28)25-18-9-7-6-8-10-18/h6-14,20H,15-16H2,1-5H3,(H2,25,26,28). The highest BCUT2D eigenvalue weighted by Gasteiger charge is 2.45. The summed E-state index contributed by atoms with van der Waals surface area (Å²) in [6.45, 7) is 9.73. The molecule has 3 rings (SSSR count). The fourth-order valence-corrected chi connectivity index (χ4v) is 3.53. The van der Waals surface area contributed by atoms with Crippen molar-refractivity contribution in [1.29, 1.82) is 0 Å². The SMILES string of the molecule is CC(C)(C)OC(=O)N1C(Cc2ccc(NC(=O)Nc3ccccc3)cc2)COC1(C)C. The fraction of sp³-hybridized carbons (Fsp3) is 0.417. The number of hydrogen-bond acceptors (Lipinski definition) is 4. The summed E-state index contributed by atoms with van der Waals surface area (Å²) in [6, 6.07) is 16.4. The number of carbonyl (C=O) groups excluding carboxylic acids is 2. The highest BCUT2D eigenvalue weighted by atomic mass is 16.6. The minimum Gasteiger partial charge on any atom is -0.444 e.